The number of carbonyl (C=O) groups excluding carboxylic acids is 2. The van der Waals surface area contributed by atoms with Gasteiger partial charge in [-0.2, -0.15) is 12.7 Å². The van der Waals surface area contributed by atoms with Crippen LogP contribution in [0.2, 0.25) is 0 Å². The first-order valence-corrected chi connectivity index (χ1v) is 13.8. The second kappa shape index (κ2) is 10.6. The Kier molecular flexibility index (Phi) is 7.69. The summed E-state index contributed by atoms with van der Waals surface area (Å²) in [6.45, 7) is 1.34. The van der Waals surface area contributed by atoms with Crippen LogP contribution in [0.1, 0.15) is 42.5 Å². The summed E-state index contributed by atoms with van der Waals surface area (Å²) in [4.78, 5) is 48.6. The maximum absolute atomic E-state index is 12.6. The molecule has 2 aliphatic carbocycles. The van der Waals surface area contributed by atoms with E-state index in [2.05, 4.69) is 27.5 Å². The summed E-state index contributed by atoms with van der Waals surface area (Å²) in [5, 5.41) is 5.41. The predicted octanol–water partition coefficient (Wildman–Crippen LogP) is -0.328. The lowest BCUT2D eigenvalue weighted by atomic mass is 9.94. The zero-order valence-corrected chi connectivity index (χ0v) is 21.4. The van der Waals surface area contributed by atoms with Gasteiger partial charge in [0, 0.05) is 46.5 Å². The summed E-state index contributed by atoms with van der Waals surface area (Å²) in [5.74, 6) is 1.07. The Labute approximate surface area is 209 Å². The van der Waals surface area contributed by atoms with Crippen LogP contribution in [0.3, 0.4) is 0 Å². The molecule has 3 N–H and O–H groups in total. The first-order chi connectivity index (χ1) is 17.0. The third-order valence-corrected chi connectivity index (χ3v) is 9.09. The van der Waals surface area contributed by atoms with Crippen molar-refractivity contribution in [2.75, 3.05) is 26.2 Å². The fourth-order valence-electron chi connectivity index (χ4n) is 5.46. The predicted molar refractivity (Wildman–Crippen MR) is 132 cm³/mol. The van der Waals surface area contributed by atoms with Crippen LogP contribution in [0.15, 0.2) is 27.9 Å². The van der Waals surface area contributed by atoms with Crippen LogP contribution in [-0.4, -0.2) is 60.0 Å². The lowest BCUT2D eigenvalue weighted by molar-refractivity contribution is 0.0946. The molecule has 1 saturated carbocycles. The molecule has 1 saturated heterocycles. The van der Waals surface area contributed by atoms with Crippen molar-refractivity contribution in [2.45, 2.75) is 32.1 Å². The number of hydrogen-bond donors (Lipinski definition) is 3. The summed E-state index contributed by atoms with van der Waals surface area (Å²) in [7, 11) is -1.14. The Balaban J connectivity index is 1.18. The maximum atomic E-state index is 12.6. The van der Waals surface area contributed by atoms with Gasteiger partial charge in [0.25, 0.3) is 11.5 Å². The molecule has 0 radical (unpaired) electrons. The average Bonchev–Trinajstić information content (AvgIpc) is 3.47. The van der Waals surface area contributed by atoms with Crippen molar-refractivity contribution < 1.29 is 18.0 Å². The number of aromatic nitrogens is 2. The quantitative estimate of drug-likeness (QED) is 0.398. The normalized spacial score (nSPS) is 24.1. The number of allylic oxidation sites excluding steroid dienone is 2. The molecular formula is C23H34N6O6S. The van der Waals surface area contributed by atoms with Crippen LogP contribution >= 0.6 is 0 Å². The SMILES string of the molecule is Cn1cc(C(=O)NCCC2CCN(S(=O)(=O)NC(=O)NCC3CC4C=CC3C4)CC2)c(=O)n(C)c1=O. The van der Waals surface area contributed by atoms with Crippen molar-refractivity contribution in [1.29, 1.82) is 0 Å². The molecule has 2 heterocycles. The number of aryl methyl sites for hydroxylation is 1. The van der Waals surface area contributed by atoms with Crippen LogP contribution in [0.4, 0.5) is 4.79 Å². The summed E-state index contributed by atoms with van der Waals surface area (Å²) in [6.07, 6.45) is 9.60. The van der Waals surface area contributed by atoms with Crippen molar-refractivity contribution in [3.8, 4) is 0 Å². The Morgan fingerprint density at radius 1 is 1.06 bits per heavy atom. The summed E-state index contributed by atoms with van der Waals surface area (Å²) >= 11 is 0. The standard InChI is InChI=1S/C23H34N6O6S/c1-27-14-19(21(31)28(2)23(27)33)20(30)24-8-5-15-6-9-29(10-7-15)36(34,35)26-22(32)25-13-18-12-16-3-4-17(18)11-16/h3-4,14-18H,5-13H2,1-2H3,(H,24,30)(H2,25,26,32). The topological polar surface area (TPSA) is 152 Å². The van der Waals surface area contributed by atoms with E-state index in [0.717, 1.165) is 17.4 Å². The Bertz CT molecular complexity index is 1260. The third kappa shape index (κ3) is 5.72. The highest BCUT2D eigenvalue weighted by Crippen LogP contribution is 2.42. The number of nitrogens with one attached hydrogen (secondary N) is 3. The molecule has 2 fully saturated rings. The molecule has 3 amide bonds. The Hall–Kier alpha value is -2.93. The highest BCUT2D eigenvalue weighted by atomic mass is 32.2. The van der Waals surface area contributed by atoms with E-state index in [1.807, 2.05) is 0 Å². The van der Waals surface area contributed by atoms with Gasteiger partial charge >= 0.3 is 21.9 Å². The summed E-state index contributed by atoms with van der Waals surface area (Å²) in [5.41, 5.74) is -1.27. The fraction of sp³-hybridized carbons (Fsp3) is 0.652. The van der Waals surface area contributed by atoms with E-state index in [9.17, 15) is 27.6 Å². The van der Waals surface area contributed by atoms with Crippen LogP contribution < -0.4 is 26.6 Å². The molecule has 3 unspecified atom stereocenters. The van der Waals surface area contributed by atoms with Gasteiger partial charge in [0.15, 0.2) is 0 Å². The van der Waals surface area contributed by atoms with Gasteiger partial charge < -0.3 is 15.2 Å². The average molecular weight is 523 g/mol. The van der Waals surface area contributed by atoms with Crippen LogP contribution in [-0.2, 0) is 24.3 Å². The largest absolute Gasteiger partial charge is 0.352 e. The number of nitrogens with zero attached hydrogens (tertiary/aromatic N) is 3. The van der Waals surface area contributed by atoms with Crippen LogP contribution in [0, 0.1) is 23.7 Å². The zero-order chi connectivity index (χ0) is 26.0. The van der Waals surface area contributed by atoms with Gasteiger partial charge in [-0.05, 0) is 55.8 Å². The number of piperidine rings is 1. The molecule has 12 nitrogen and oxygen atoms in total. The van der Waals surface area contributed by atoms with Crippen molar-refractivity contribution in [3.63, 3.8) is 0 Å². The minimum Gasteiger partial charge on any atom is -0.352 e. The first kappa shape index (κ1) is 26.1. The Morgan fingerprint density at radius 2 is 1.78 bits per heavy atom. The van der Waals surface area contributed by atoms with E-state index < -0.39 is 33.4 Å². The molecule has 3 atom stereocenters. The van der Waals surface area contributed by atoms with Crippen molar-refractivity contribution in [3.05, 3.63) is 44.8 Å². The molecule has 3 aliphatic rings. The monoisotopic (exact) mass is 522 g/mol. The third-order valence-electron chi connectivity index (χ3n) is 7.61. The van der Waals surface area contributed by atoms with Gasteiger partial charge in [0.1, 0.15) is 5.56 Å². The number of amides is 3. The fourth-order valence-corrected chi connectivity index (χ4v) is 6.59. The molecule has 2 bridgehead atoms. The van der Waals surface area contributed by atoms with E-state index in [-0.39, 0.29) is 24.6 Å². The van der Waals surface area contributed by atoms with Gasteiger partial charge in [0.05, 0.1) is 0 Å². The van der Waals surface area contributed by atoms with Gasteiger partial charge in [-0.25, -0.2) is 14.3 Å². The molecule has 198 valence electrons. The number of hydrogen-bond acceptors (Lipinski definition) is 6. The molecule has 1 aromatic rings. The number of urea groups is 1. The minimum atomic E-state index is -3.93. The molecule has 0 aromatic carbocycles. The van der Waals surface area contributed by atoms with Crippen LogP contribution in [0.5, 0.6) is 0 Å². The molecule has 1 aliphatic heterocycles. The van der Waals surface area contributed by atoms with E-state index in [1.165, 1.54) is 29.2 Å². The molecule has 0 spiro atoms. The summed E-state index contributed by atoms with van der Waals surface area (Å²) < 4.78 is 30.7. The Morgan fingerprint density at radius 3 is 2.42 bits per heavy atom. The van der Waals surface area contributed by atoms with Gasteiger partial charge in [-0.3, -0.25) is 14.2 Å². The van der Waals surface area contributed by atoms with Gasteiger partial charge in [-0.15, -0.1) is 0 Å². The second-order valence-electron chi connectivity index (χ2n) is 10.0. The van der Waals surface area contributed by atoms with E-state index >= 15 is 0 Å². The van der Waals surface area contributed by atoms with E-state index in [4.69, 9.17) is 0 Å². The number of carbonyl (C=O) groups is 2. The minimum absolute atomic E-state index is 0.109. The molecule has 36 heavy (non-hydrogen) atoms. The second-order valence-corrected chi connectivity index (χ2v) is 11.7. The van der Waals surface area contributed by atoms with Gasteiger partial charge in [-0.1, -0.05) is 12.2 Å². The number of rotatable bonds is 8. The van der Waals surface area contributed by atoms with Crippen LogP contribution in [0.25, 0.3) is 0 Å². The number of fused-ring (bicyclic) bond motifs is 2. The lowest BCUT2D eigenvalue weighted by Gasteiger charge is -2.31. The highest BCUT2D eigenvalue weighted by Gasteiger charge is 2.36. The summed E-state index contributed by atoms with van der Waals surface area (Å²) in [6, 6.07) is -0.698. The maximum Gasteiger partial charge on any atom is 0.330 e. The highest BCUT2D eigenvalue weighted by molar-refractivity contribution is 7.87. The zero-order valence-electron chi connectivity index (χ0n) is 20.6. The van der Waals surface area contributed by atoms with Crippen molar-refractivity contribution in [2.24, 2.45) is 37.8 Å². The van der Waals surface area contributed by atoms with Crippen molar-refractivity contribution in [1.82, 2.24) is 28.8 Å². The van der Waals surface area contributed by atoms with E-state index in [0.29, 0.717) is 50.1 Å². The first-order valence-electron chi connectivity index (χ1n) is 12.3. The van der Waals surface area contributed by atoms with Crippen molar-refractivity contribution >= 4 is 22.1 Å². The molecule has 4 rings (SSSR count). The van der Waals surface area contributed by atoms with Gasteiger partial charge in [0.2, 0.25) is 0 Å². The molecular weight excluding hydrogens is 488 g/mol. The molecule has 1 aromatic heterocycles. The lowest BCUT2D eigenvalue weighted by Crippen LogP contribution is -2.50. The smallest absolute Gasteiger partial charge is 0.330 e. The van der Waals surface area contributed by atoms with E-state index in [1.54, 1.807) is 0 Å². The molecule has 13 heteroatoms.